The molecule has 3 aromatic rings. The number of fused-ring (bicyclic) bond motifs is 1. The van der Waals surface area contributed by atoms with E-state index in [1.807, 2.05) is 50.2 Å². The lowest BCUT2D eigenvalue weighted by Gasteiger charge is -2.41. The van der Waals surface area contributed by atoms with Gasteiger partial charge in [0.2, 0.25) is 0 Å². The number of ether oxygens (including phenoxy) is 2. The predicted molar refractivity (Wildman–Crippen MR) is 149 cm³/mol. The van der Waals surface area contributed by atoms with E-state index in [2.05, 4.69) is 5.32 Å². The molecule has 40 heavy (non-hydrogen) atoms. The normalized spacial score (nSPS) is 15.8. The summed E-state index contributed by atoms with van der Waals surface area (Å²) >= 11 is 0. The summed E-state index contributed by atoms with van der Waals surface area (Å²) in [6, 6.07) is 16.6. The van der Waals surface area contributed by atoms with E-state index in [4.69, 9.17) is 13.9 Å². The zero-order chi connectivity index (χ0) is 28.7. The first-order valence-corrected chi connectivity index (χ1v) is 13.0. The van der Waals surface area contributed by atoms with E-state index in [9.17, 15) is 24.9 Å². The van der Waals surface area contributed by atoms with Gasteiger partial charge in [0, 0.05) is 18.4 Å². The predicted octanol–water partition coefficient (Wildman–Crippen LogP) is 2.87. The Bertz CT molecular complexity index is 1430. The van der Waals surface area contributed by atoms with E-state index < -0.39 is 24.7 Å². The van der Waals surface area contributed by atoms with Crippen molar-refractivity contribution in [3.8, 4) is 6.07 Å². The Labute approximate surface area is 232 Å². The number of rotatable bonds is 9. The highest BCUT2D eigenvalue weighted by molar-refractivity contribution is 6.43. The number of benzene rings is 2. The summed E-state index contributed by atoms with van der Waals surface area (Å²) in [6.45, 7) is 5.08. The van der Waals surface area contributed by atoms with E-state index in [0.717, 1.165) is 16.5 Å². The molecule has 0 bridgehead atoms. The Morgan fingerprint density at radius 1 is 1.25 bits per heavy atom. The molecule has 10 nitrogen and oxygen atoms in total. The zero-order valence-electron chi connectivity index (χ0n) is 22.5. The van der Waals surface area contributed by atoms with Crippen molar-refractivity contribution in [3.63, 3.8) is 0 Å². The Kier molecular flexibility index (Phi) is 9.27. The highest BCUT2D eigenvalue weighted by Crippen LogP contribution is 2.23. The molecule has 0 aliphatic carbocycles. The van der Waals surface area contributed by atoms with Crippen molar-refractivity contribution in [2.75, 3.05) is 26.4 Å². The van der Waals surface area contributed by atoms with Gasteiger partial charge in [0.15, 0.2) is 0 Å². The van der Waals surface area contributed by atoms with Crippen LogP contribution in [0.3, 0.4) is 0 Å². The number of alkyl carbamates (subject to hydrolysis) is 1. The summed E-state index contributed by atoms with van der Waals surface area (Å²) in [4.78, 5) is 27.1. The summed E-state index contributed by atoms with van der Waals surface area (Å²) < 4.78 is 16.2. The molecule has 1 fully saturated rings. The molecule has 1 saturated heterocycles. The molecule has 1 aromatic heterocycles. The van der Waals surface area contributed by atoms with E-state index in [1.54, 1.807) is 29.2 Å². The summed E-state index contributed by atoms with van der Waals surface area (Å²) in [7, 11) is -1.80. The van der Waals surface area contributed by atoms with Crippen LogP contribution in [-0.2, 0) is 27.1 Å². The lowest BCUT2D eigenvalue weighted by Crippen LogP contribution is -2.55. The Balaban J connectivity index is 1.33. The number of amides is 2. The second-order valence-electron chi connectivity index (χ2n) is 10.2. The maximum Gasteiger partial charge on any atom is 0.475 e. The second-order valence-corrected chi connectivity index (χ2v) is 10.2. The minimum atomic E-state index is -1.80. The van der Waals surface area contributed by atoms with Crippen LogP contribution in [0.2, 0.25) is 0 Å². The smallest absolute Gasteiger partial charge is 0.464 e. The number of nitriles is 1. The molecular formula is C29H32BN3O7. The molecular weight excluding hydrogens is 513 g/mol. The summed E-state index contributed by atoms with van der Waals surface area (Å²) in [5, 5.41) is 32.6. The fourth-order valence-corrected chi connectivity index (χ4v) is 4.64. The third kappa shape index (κ3) is 7.10. The van der Waals surface area contributed by atoms with Gasteiger partial charge < -0.3 is 34.2 Å². The first-order chi connectivity index (χ1) is 19.2. The van der Waals surface area contributed by atoms with E-state index in [-0.39, 0.29) is 24.5 Å². The summed E-state index contributed by atoms with van der Waals surface area (Å²) in [5.41, 5.74) is 2.42. The molecule has 0 spiro atoms. The van der Waals surface area contributed by atoms with Gasteiger partial charge in [0.05, 0.1) is 37.6 Å². The van der Waals surface area contributed by atoms with Gasteiger partial charge in [0.25, 0.3) is 5.91 Å². The molecule has 208 valence electrons. The molecule has 2 heterocycles. The number of nitrogens with one attached hydrogen (secondary N) is 1. The first-order valence-electron chi connectivity index (χ1n) is 13.0. The van der Waals surface area contributed by atoms with Crippen LogP contribution < -0.4 is 5.32 Å². The topological polar surface area (TPSA) is 145 Å². The fourth-order valence-electron chi connectivity index (χ4n) is 4.64. The number of morpholine rings is 1. The molecule has 11 heteroatoms. The number of para-hydroxylation sites is 1. The van der Waals surface area contributed by atoms with E-state index in [0.29, 0.717) is 37.3 Å². The largest absolute Gasteiger partial charge is 0.475 e. The molecule has 2 amide bonds. The maximum atomic E-state index is 13.1. The van der Waals surface area contributed by atoms with Crippen molar-refractivity contribution in [2.45, 2.75) is 38.2 Å². The number of carbonyl (C=O) groups excluding carboxylic acids is 2. The molecule has 1 atom stereocenters. The monoisotopic (exact) mass is 545 g/mol. The van der Waals surface area contributed by atoms with Crippen LogP contribution in [0, 0.1) is 11.3 Å². The highest BCUT2D eigenvalue weighted by atomic mass is 16.5. The van der Waals surface area contributed by atoms with Crippen molar-refractivity contribution in [3.05, 3.63) is 77.1 Å². The van der Waals surface area contributed by atoms with Gasteiger partial charge in [0.1, 0.15) is 17.2 Å². The standard InChI is InChI=1S/C29H32BN3O7/c1-29(2)19-38-13-11-33(29)27(34)22(17-31)15-21-7-5-6-20(14-21)10-12-39-28(35)32-26(30(36)37)16-23-18-40-25-9-4-3-8-24(23)25/h3-9,14-15,18,26,36-37H,10-13,16,19H2,1-2H3,(H,32,35)/t26-/m0/s1. The number of hydrogen-bond donors (Lipinski definition) is 3. The minimum absolute atomic E-state index is 0.0294. The lowest BCUT2D eigenvalue weighted by molar-refractivity contribution is -0.141. The van der Waals surface area contributed by atoms with Crippen molar-refractivity contribution in [1.82, 2.24) is 10.2 Å². The summed E-state index contributed by atoms with van der Waals surface area (Å²) in [6.07, 6.45) is 2.81. The summed E-state index contributed by atoms with van der Waals surface area (Å²) in [5.74, 6) is -1.34. The van der Waals surface area contributed by atoms with Gasteiger partial charge >= 0.3 is 13.2 Å². The molecule has 0 radical (unpaired) electrons. The third-order valence-electron chi connectivity index (χ3n) is 6.79. The van der Waals surface area contributed by atoms with Gasteiger partial charge in [-0.25, -0.2) is 4.79 Å². The minimum Gasteiger partial charge on any atom is -0.464 e. The highest BCUT2D eigenvalue weighted by Gasteiger charge is 2.35. The van der Waals surface area contributed by atoms with Gasteiger partial charge in [-0.05, 0) is 49.1 Å². The number of carbonyl (C=O) groups is 2. The van der Waals surface area contributed by atoms with Gasteiger partial charge in [-0.15, -0.1) is 0 Å². The Hall–Kier alpha value is -4.11. The van der Waals surface area contributed by atoms with Gasteiger partial charge in [-0.2, -0.15) is 5.26 Å². The average Bonchev–Trinajstić information content (AvgIpc) is 3.33. The SMILES string of the molecule is CC1(C)COCCN1C(=O)C(C#N)=Cc1cccc(CCOC(=O)N[C@@H](Cc2coc3ccccc23)B(O)O)c1. The van der Waals surface area contributed by atoms with Crippen LogP contribution in [-0.4, -0.2) is 71.9 Å². The quantitative estimate of drug-likeness (QED) is 0.212. The molecule has 1 aliphatic rings. The maximum absolute atomic E-state index is 13.1. The Morgan fingerprint density at radius 2 is 2.05 bits per heavy atom. The van der Waals surface area contributed by atoms with E-state index >= 15 is 0 Å². The van der Waals surface area contributed by atoms with Crippen molar-refractivity contribution < 1.29 is 33.5 Å². The molecule has 1 aliphatic heterocycles. The molecule has 2 aromatic carbocycles. The van der Waals surface area contributed by atoms with Crippen LogP contribution in [0.15, 0.2) is 64.8 Å². The van der Waals surface area contributed by atoms with Crippen LogP contribution in [0.4, 0.5) is 4.79 Å². The first kappa shape index (κ1) is 28.9. The van der Waals surface area contributed by atoms with E-state index in [1.165, 1.54) is 6.26 Å². The number of nitrogens with zero attached hydrogens (tertiary/aromatic N) is 2. The molecule has 0 saturated carbocycles. The molecule has 3 N–H and O–H groups in total. The third-order valence-corrected chi connectivity index (χ3v) is 6.79. The lowest BCUT2D eigenvalue weighted by atomic mass is 9.76. The Morgan fingerprint density at radius 3 is 2.80 bits per heavy atom. The zero-order valence-corrected chi connectivity index (χ0v) is 22.5. The number of furan rings is 1. The van der Waals surface area contributed by atoms with Gasteiger partial charge in [-0.3, -0.25) is 4.79 Å². The molecule has 0 unspecified atom stereocenters. The van der Waals surface area contributed by atoms with Crippen LogP contribution in [0.25, 0.3) is 17.0 Å². The van der Waals surface area contributed by atoms with Gasteiger partial charge in [-0.1, -0.05) is 42.5 Å². The fraction of sp³-hybridized carbons (Fsp3) is 0.345. The van der Waals surface area contributed by atoms with Crippen LogP contribution in [0.5, 0.6) is 0 Å². The number of hydrogen-bond acceptors (Lipinski definition) is 8. The van der Waals surface area contributed by atoms with Crippen molar-refractivity contribution >= 4 is 36.2 Å². The van der Waals surface area contributed by atoms with Crippen molar-refractivity contribution in [1.29, 1.82) is 5.26 Å². The second kappa shape index (κ2) is 12.8. The average molecular weight is 545 g/mol. The van der Waals surface area contributed by atoms with Crippen molar-refractivity contribution in [2.24, 2.45) is 0 Å². The van der Waals surface area contributed by atoms with Crippen LogP contribution in [0.1, 0.15) is 30.5 Å². The molecule has 4 rings (SSSR count). The van der Waals surface area contributed by atoms with Crippen LogP contribution >= 0.6 is 0 Å².